The van der Waals surface area contributed by atoms with E-state index >= 15 is 0 Å². The number of amides is 2. The van der Waals surface area contributed by atoms with Gasteiger partial charge < -0.3 is 14.3 Å². The Bertz CT molecular complexity index is 908. The lowest BCUT2D eigenvalue weighted by Gasteiger charge is -2.39. The quantitative estimate of drug-likeness (QED) is 0.726. The highest BCUT2D eigenvalue weighted by Gasteiger charge is 2.31. The minimum Gasteiger partial charge on any atom is -0.339 e. The van der Waals surface area contributed by atoms with Crippen LogP contribution in [0.25, 0.3) is 0 Å². The summed E-state index contributed by atoms with van der Waals surface area (Å²) in [5, 5.41) is 4.09. The lowest BCUT2D eigenvalue weighted by molar-refractivity contribution is -0.132. The van der Waals surface area contributed by atoms with Gasteiger partial charge in [0.05, 0.1) is 0 Å². The third-order valence-electron chi connectivity index (χ3n) is 6.15. The van der Waals surface area contributed by atoms with E-state index in [9.17, 15) is 9.59 Å². The summed E-state index contributed by atoms with van der Waals surface area (Å²) in [4.78, 5) is 37.8. The fourth-order valence-electron chi connectivity index (χ4n) is 4.23. The number of piperidine rings is 1. The number of carbonyl (C=O) groups excluding carboxylic acids is 2. The minimum atomic E-state index is -0.0739. The van der Waals surface area contributed by atoms with E-state index in [0.717, 1.165) is 37.3 Å². The van der Waals surface area contributed by atoms with Gasteiger partial charge in [-0.3, -0.25) is 9.59 Å². The van der Waals surface area contributed by atoms with Crippen molar-refractivity contribution in [1.82, 2.24) is 24.9 Å². The van der Waals surface area contributed by atoms with Gasteiger partial charge in [0, 0.05) is 50.6 Å². The number of hydrogen-bond acceptors (Lipinski definition) is 6. The van der Waals surface area contributed by atoms with E-state index < -0.39 is 0 Å². The molecule has 1 saturated heterocycles. The molecule has 1 atom stereocenters. The molecular formula is C22H29N5O3. The molecule has 1 aliphatic carbocycles. The first-order valence-electron chi connectivity index (χ1n) is 10.8. The van der Waals surface area contributed by atoms with Crippen molar-refractivity contribution in [3.05, 3.63) is 41.3 Å². The molecule has 160 valence electrons. The molecule has 8 nitrogen and oxygen atoms in total. The Kier molecular flexibility index (Phi) is 6.11. The van der Waals surface area contributed by atoms with Crippen LogP contribution in [0.2, 0.25) is 0 Å². The number of likely N-dealkylation sites (tertiary alicyclic amines) is 1. The van der Waals surface area contributed by atoms with Gasteiger partial charge in [0.1, 0.15) is 5.69 Å². The van der Waals surface area contributed by atoms with Gasteiger partial charge in [0.15, 0.2) is 5.82 Å². The summed E-state index contributed by atoms with van der Waals surface area (Å²) in [5.41, 5.74) is 1.28. The van der Waals surface area contributed by atoms with Gasteiger partial charge in [-0.1, -0.05) is 17.6 Å². The fourth-order valence-corrected chi connectivity index (χ4v) is 4.23. The molecular weight excluding hydrogens is 382 g/mol. The Morgan fingerprint density at radius 1 is 1.20 bits per heavy atom. The topological polar surface area (TPSA) is 92.4 Å². The fraction of sp³-hybridized carbons (Fsp3) is 0.591. The van der Waals surface area contributed by atoms with Gasteiger partial charge in [-0.15, -0.1) is 0 Å². The van der Waals surface area contributed by atoms with Crippen molar-refractivity contribution in [3.8, 4) is 0 Å². The largest absolute Gasteiger partial charge is 0.339 e. The maximum Gasteiger partial charge on any atom is 0.272 e. The molecule has 2 fully saturated rings. The molecule has 2 aliphatic rings. The average Bonchev–Trinajstić information content (AvgIpc) is 3.14. The van der Waals surface area contributed by atoms with Crippen LogP contribution in [0.1, 0.15) is 72.8 Å². The number of nitrogens with zero attached hydrogens (tertiary/aromatic N) is 5. The Morgan fingerprint density at radius 3 is 2.73 bits per heavy atom. The van der Waals surface area contributed by atoms with E-state index in [2.05, 4.69) is 15.1 Å². The number of aryl methyl sites for hydroxylation is 1. The molecule has 2 aromatic rings. The first-order valence-corrected chi connectivity index (χ1v) is 10.8. The lowest BCUT2D eigenvalue weighted by atomic mass is 9.85. The molecule has 1 aliphatic heterocycles. The molecule has 0 radical (unpaired) electrons. The Labute approximate surface area is 176 Å². The van der Waals surface area contributed by atoms with Crippen molar-refractivity contribution in [2.75, 3.05) is 19.6 Å². The van der Waals surface area contributed by atoms with Crippen molar-refractivity contribution in [1.29, 1.82) is 0 Å². The normalized spacial score (nSPS) is 19.4. The Balaban J connectivity index is 1.38. The van der Waals surface area contributed by atoms with Gasteiger partial charge >= 0.3 is 0 Å². The van der Waals surface area contributed by atoms with Crippen LogP contribution in [0.3, 0.4) is 0 Å². The first-order chi connectivity index (χ1) is 14.5. The summed E-state index contributed by atoms with van der Waals surface area (Å²) in [6, 6.07) is 5.46. The summed E-state index contributed by atoms with van der Waals surface area (Å²) in [6.45, 7) is 5.19. The van der Waals surface area contributed by atoms with Gasteiger partial charge in [-0.25, -0.2) is 4.98 Å². The second kappa shape index (κ2) is 8.93. The number of rotatable bonds is 6. The maximum absolute atomic E-state index is 12.9. The minimum absolute atomic E-state index is 0.00527. The molecule has 3 heterocycles. The third-order valence-corrected chi connectivity index (χ3v) is 6.15. The lowest BCUT2D eigenvalue weighted by Crippen LogP contribution is -2.51. The molecule has 8 heteroatoms. The van der Waals surface area contributed by atoms with Crippen molar-refractivity contribution in [3.63, 3.8) is 0 Å². The molecule has 0 bridgehead atoms. The zero-order valence-corrected chi connectivity index (χ0v) is 17.7. The SMILES string of the molecule is CC(=O)N(CCc1noc(C2CCC2)n1)C1CCCN(C(=O)c2cccc(C)n2)C1. The highest BCUT2D eigenvalue weighted by molar-refractivity contribution is 5.92. The molecule has 0 N–H and O–H groups in total. The van der Waals surface area contributed by atoms with Crippen LogP contribution in [0.4, 0.5) is 0 Å². The molecule has 2 aromatic heterocycles. The predicted octanol–water partition coefficient (Wildman–Crippen LogP) is 2.74. The van der Waals surface area contributed by atoms with E-state index in [-0.39, 0.29) is 17.9 Å². The number of carbonyl (C=O) groups is 2. The molecule has 0 spiro atoms. The molecule has 30 heavy (non-hydrogen) atoms. The van der Waals surface area contributed by atoms with Crippen LogP contribution in [0.15, 0.2) is 22.7 Å². The Morgan fingerprint density at radius 2 is 2.03 bits per heavy atom. The number of hydrogen-bond donors (Lipinski definition) is 0. The van der Waals surface area contributed by atoms with Crippen LogP contribution < -0.4 is 0 Å². The van der Waals surface area contributed by atoms with Gasteiger partial charge in [-0.05, 0) is 44.7 Å². The second-order valence-corrected chi connectivity index (χ2v) is 8.35. The molecule has 1 saturated carbocycles. The second-order valence-electron chi connectivity index (χ2n) is 8.35. The van der Waals surface area contributed by atoms with E-state index in [1.165, 1.54) is 6.42 Å². The average molecular weight is 412 g/mol. The van der Waals surface area contributed by atoms with Crippen LogP contribution in [-0.4, -0.2) is 62.4 Å². The van der Waals surface area contributed by atoms with Crippen LogP contribution >= 0.6 is 0 Å². The number of aromatic nitrogens is 3. The zero-order chi connectivity index (χ0) is 21.1. The van der Waals surface area contributed by atoms with Crippen LogP contribution in [0.5, 0.6) is 0 Å². The molecule has 1 unspecified atom stereocenters. The summed E-state index contributed by atoms with van der Waals surface area (Å²) >= 11 is 0. The monoisotopic (exact) mass is 411 g/mol. The third kappa shape index (κ3) is 4.52. The highest BCUT2D eigenvalue weighted by atomic mass is 16.5. The van der Waals surface area contributed by atoms with E-state index in [1.54, 1.807) is 13.0 Å². The Hall–Kier alpha value is -2.77. The maximum atomic E-state index is 12.9. The smallest absolute Gasteiger partial charge is 0.272 e. The molecule has 2 amide bonds. The molecule has 4 rings (SSSR count). The number of pyridine rings is 1. The van der Waals surface area contributed by atoms with Crippen molar-refractivity contribution in [2.24, 2.45) is 0 Å². The zero-order valence-electron chi connectivity index (χ0n) is 17.7. The van der Waals surface area contributed by atoms with Crippen molar-refractivity contribution >= 4 is 11.8 Å². The van der Waals surface area contributed by atoms with Gasteiger partial charge in [-0.2, -0.15) is 4.98 Å². The van der Waals surface area contributed by atoms with Gasteiger partial charge in [0.2, 0.25) is 11.8 Å². The van der Waals surface area contributed by atoms with Crippen molar-refractivity contribution in [2.45, 2.75) is 64.3 Å². The van der Waals surface area contributed by atoms with E-state index in [4.69, 9.17) is 4.52 Å². The predicted molar refractivity (Wildman–Crippen MR) is 110 cm³/mol. The van der Waals surface area contributed by atoms with E-state index in [0.29, 0.717) is 43.5 Å². The van der Waals surface area contributed by atoms with E-state index in [1.807, 2.05) is 28.9 Å². The summed E-state index contributed by atoms with van der Waals surface area (Å²) in [6.07, 6.45) is 5.74. The first kappa shape index (κ1) is 20.5. The van der Waals surface area contributed by atoms with Crippen molar-refractivity contribution < 1.29 is 14.1 Å². The van der Waals surface area contributed by atoms with Gasteiger partial charge in [0.25, 0.3) is 5.91 Å². The standard InChI is InChI=1S/C22H29N5O3/c1-15-6-3-10-19(23-15)22(29)26-12-5-9-18(14-26)27(16(2)28)13-11-20-24-21(30-25-20)17-7-4-8-17/h3,6,10,17-18H,4-5,7-9,11-14H2,1-2H3. The summed E-state index contributed by atoms with van der Waals surface area (Å²) < 4.78 is 5.39. The summed E-state index contributed by atoms with van der Waals surface area (Å²) in [7, 11) is 0. The van der Waals surface area contributed by atoms with Crippen LogP contribution in [-0.2, 0) is 11.2 Å². The molecule has 0 aromatic carbocycles. The summed E-state index contributed by atoms with van der Waals surface area (Å²) in [5.74, 6) is 1.71. The van der Waals surface area contributed by atoms with Crippen LogP contribution in [0, 0.1) is 6.92 Å². The highest BCUT2D eigenvalue weighted by Crippen LogP contribution is 2.35.